The number of nitrogens with zero attached hydrogens (tertiary/aromatic N) is 1. The number of nitrogens with two attached hydrogens (primary N) is 1. The number of hydrogen-bond acceptors (Lipinski definition) is 5. The van der Waals surface area contributed by atoms with Crippen LogP contribution in [0, 0.1) is 0 Å². The van der Waals surface area contributed by atoms with Crippen molar-refractivity contribution in [2.75, 3.05) is 24.6 Å². The number of sulfone groups is 1. The lowest BCUT2D eigenvalue weighted by Crippen LogP contribution is -2.42. The van der Waals surface area contributed by atoms with Gasteiger partial charge in [0.05, 0.1) is 23.7 Å². The number of hydrogen-bond donors (Lipinski definition) is 2. The van der Waals surface area contributed by atoms with Crippen LogP contribution in [0.25, 0.3) is 0 Å². The van der Waals surface area contributed by atoms with E-state index in [0.29, 0.717) is 6.54 Å². The highest BCUT2D eigenvalue weighted by Crippen LogP contribution is 2.21. The van der Waals surface area contributed by atoms with Crippen LogP contribution >= 0.6 is 0 Å². The Morgan fingerprint density at radius 1 is 1.36 bits per heavy atom. The highest BCUT2D eigenvalue weighted by Gasteiger charge is 2.41. The molecule has 0 bridgehead atoms. The first-order valence-electron chi connectivity index (χ1n) is 4.86. The molecule has 0 aromatic rings. The van der Waals surface area contributed by atoms with Crippen molar-refractivity contribution in [2.24, 2.45) is 5.73 Å². The largest absolute Gasteiger partial charge is 0.390 e. The summed E-state index contributed by atoms with van der Waals surface area (Å²) in [5.74, 6) is -0.00963. The van der Waals surface area contributed by atoms with Crippen LogP contribution < -0.4 is 5.73 Å². The Labute approximate surface area is 83.8 Å². The minimum atomic E-state index is -3.03. The van der Waals surface area contributed by atoms with Crippen molar-refractivity contribution in [2.45, 2.75) is 24.6 Å². The summed E-state index contributed by atoms with van der Waals surface area (Å²) in [7, 11) is -3.03. The lowest BCUT2D eigenvalue weighted by Gasteiger charge is -2.24. The Balaban J connectivity index is 2.06. The molecule has 0 spiro atoms. The summed E-state index contributed by atoms with van der Waals surface area (Å²) in [6.07, 6.45) is 0.161. The predicted molar refractivity (Wildman–Crippen MR) is 52.6 cm³/mol. The molecule has 5 nitrogen and oxygen atoms in total. The van der Waals surface area contributed by atoms with Gasteiger partial charge in [-0.05, 0) is 6.42 Å². The molecular weight excluding hydrogens is 204 g/mol. The van der Waals surface area contributed by atoms with Crippen molar-refractivity contribution in [1.29, 1.82) is 0 Å². The summed E-state index contributed by atoms with van der Waals surface area (Å²) in [6, 6.07) is -0.0981. The first-order valence-corrected chi connectivity index (χ1v) is 6.68. The normalized spacial score (nSPS) is 43.1. The van der Waals surface area contributed by atoms with Gasteiger partial charge in [0.1, 0.15) is 0 Å². The highest BCUT2D eigenvalue weighted by atomic mass is 32.2. The fourth-order valence-electron chi connectivity index (χ4n) is 2.28. The number of aliphatic hydroxyl groups is 1. The van der Waals surface area contributed by atoms with Crippen molar-refractivity contribution in [1.82, 2.24) is 4.90 Å². The van der Waals surface area contributed by atoms with Crippen LogP contribution in [0.5, 0.6) is 0 Å². The van der Waals surface area contributed by atoms with Crippen LogP contribution in [-0.2, 0) is 9.84 Å². The first kappa shape index (κ1) is 10.4. The SMILES string of the molecule is N[C@@H]1CCN(C2CS(=O)(=O)CC2O)C1. The molecule has 2 saturated heterocycles. The van der Waals surface area contributed by atoms with E-state index < -0.39 is 15.9 Å². The molecule has 2 aliphatic heterocycles. The van der Waals surface area contributed by atoms with Gasteiger partial charge < -0.3 is 10.8 Å². The van der Waals surface area contributed by atoms with E-state index in [1.165, 1.54) is 0 Å². The molecule has 2 fully saturated rings. The van der Waals surface area contributed by atoms with E-state index in [2.05, 4.69) is 0 Å². The zero-order valence-corrected chi connectivity index (χ0v) is 8.78. The zero-order chi connectivity index (χ0) is 10.3. The number of rotatable bonds is 1. The fraction of sp³-hybridized carbons (Fsp3) is 1.00. The maximum absolute atomic E-state index is 11.3. The van der Waals surface area contributed by atoms with E-state index in [1.807, 2.05) is 4.90 Å². The lowest BCUT2D eigenvalue weighted by atomic mass is 10.2. The van der Waals surface area contributed by atoms with Gasteiger partial charge in [0.15, 0.2) is 9.84 Å². The van der Waals surface area contributed by atoms with Crippen LogP contribution in [-0.4, -0.2) is 61.2 Å². The molecule has 14 heavy (non-hydrogen) atoms. The smallest absolute Gasteiger partial charge is 0.154 e. The van der Waals surface area contributed by atoms with Crippen molar-refractivity contribution in [3.8, 4) is 0 Å². The van der Waals surface area contributed by atoms with Gasteiger partial charge in [0.2, 0.25) is 0 Å². The average Bonchev–Trinajstić information content (AvgIpc) is 2.55. The molecule has 0 radical (unpaired) electrons. The van der Waals surface area contributed by atoms with E-state index in [0.717, 1.165) is 13.0 Å². The Morgan fingerprint density at radius 3 is 2.50 bits per heavy atom. The molecule has 82 valence electrons. The third-order valence-corrected chi connectivity index (χ3v) is 4.72. The highest BCUT2D eigenvalue weighted by molar-refractivity contribution is 7.91. The first-order chi connectivity index (χ1) is 6.48. The molecule has 2 rings (SSSR count). The molecule has 6 heteroatoms. The Kier molecular flexibility index (Phi) is 2.55. The third kappa shape index (κ3) is 1.93. The minimum Gasteiger partial charge on any atom is -0.390 e. The van der Waals surface area contributed by atoms with Crippen LogP contribution in [0.1, 0.15) is 6.42 Å². The zero-order valence-electron chi connectivity index (χ0n) is 7.96. The molecule has 0 saturated carbocycles. The number of aliphatic hydroxyl groups excluding tert-OH is 1. The molecule has 2 heterocycles. The second kappa shape index (κ2) is 3.44. The van der Waals surface area contributed by atoms with Gasteiger partial charge in [0.25, 0.3) is 0 Å². The Morgan fingerprint density at radius 2 is 2.07 bits per heavy atom. The molecular formula is C8H16N2O3S. The molecule has 3 N–H and O–H groups in total. The standard InChI is InChI=1S/C8H16N2O3S/c9-6-1-2-10(3-6)7-4-14(12,13)5-8(7)11/h6-8,11H,1-5,9H2/t6-,7?,8?/m1/s1. The van der Waals surface area contributed by atoms with Gasteiger partial charge in [-0.25, -0.2) is 8.42 Å². The summed E-state index contributed by atoms with van der Waals surface area (Å²) < 4.78 is 22.5. The molecule has 0 aliphatic carbocycles. The maximum atomic E-state index is 11.3. The van der Waals surface area contributed by atoms with E-state index in [4.69, 9.17) is 5.73 Å². The van der Waals surface area contributed by atoms with Gasteiger partial charge in [-0.2, -0.15) is 0 Å². The van der Waals surface area contributed by atoms with Crippen molar-refractivity contribution in [3.05, 3.63) is 0 Å². The van der Waals surface area contributed by atoms with E-state index in [-0.39, 0.29) is 23.6 Å². The van der Waals surface area contributed by atoms with Crippen LogP contribution in [0.2, 0.25) is 0 Å². The number of likely N-dealkylation sites (tertiary alicyclic amines) is 1. The van der Waals surface area contributed by atoms with E-state index in [1.54, 1.807) is 0 Å². The average molecular weight is 220 g/mol. The van der Waals surface area contributed by atoms with E-state index in [9.17, 15) is 13.5 Å². The Bertz CT molecular complexity index is 317. The van der Waals surface area contributed by atoms with Crippen LogP contribution in [0.3, 0.4) is 0 Å². The Hall–Kier alpha value is -0.170. The monoisotopic (exact) mass is 220 g/mol. The maximum Gasteiger partial charge on any atom is 0.154 e. The molecule has 0 amide bonds. The molecule has 0 aromatic carbocycles. The van der Waals surface area contributed by atoms with Gasteiger partial charge >= 0.3 is 0 Å². The van der Waals surface area contributed by atoms with Gasteiger partial charge in [-0.3, -0.25) is 4.90 Å². The van der Waals surface area contributed by atoms with Crippen LogP contribution in [0.15, 0.2) is 0 Å². The minimum absolute atomic E-state index is 0.0842. The quantitative estimate of drug-likeness (QED) is 0.543. The van der Waals surface area contributed by atoms with Gasteiger partial charge in [-0.1, -0.05) is 0 Å². The van der Waals surface area contributed by atoms with Crippen molar-refractivity contribution < 1.29 is 13.5 Å². The summed E-state index contributed by atoms with van der Waals surface area (Å²) in [4.78, 5) is 2.00. The van der Waals surface area contributed by atoms with Gasteiger partial charge in [-0.15, -0.1) is 0 Å². The molecule has 2 aliphatic rings. The summed E-state index contributed by atoms with van der Waals surface area (Å²) >= 11 is 0. The molecule has 0 aromatic heterocycles. The lowest BCUT2D eigenvalue weighted by molar-refractivity contribution is 0.0980. The summed E-state index contributed by atoms with van der Waals surface area (Å²) in [5, 5.41) is 9.61. The second-order valence-corrected chi connectivity index (χ2v) is 6.41. The molecule has 3 atom stereocenters. The van der Waals surface area contributed by atoms with Crippen molar-refractivity contribution >= 4 is 9.84 Å². The summed E-state index contributed by atoms with van der Waals surface area (Å²) in [6.45, 7) is 1.51. The van der Waals surface area contributed by atoms with Crippen LogP contribution in [0.4, 0.5) is 0 Å². The summed E-state index contributed by atoms with van der Waals surface area (Å²) in [5.41, 5.74) is 5.73. The second-order valence-electron chi connectivity index (χ2n) is 4.26. The fourth-order valence-corrected chi connectivity index (χ4v) is 4.11. The topological polar surface area (TPSA) is 83.6 Å². The third-order valence-electron chi connectivity index (χ3n) is 3.02. The molecule has 2 unspecified atom stereocenters. The van der Waals surface area contributed by atoms with E-state index >= 15 is 0 Å². The van der Waals surface area contributed by atoms with Gasteiger partial charge in [0, 0.05) is 19.1 Å². The predicted octanol–water partition coefficient (Wildman–Crippen LogP) is -1.82. The van der Waals surface area contributed by atoms with Crippen molar-refractivity contribution in [3.63, 3.8) is 0 Å².